The second-order valence-electron chi connectivity index (χ2n) is 12.7. The lowest BCUT2D eigenvalue weighted by Crippen LogP contribution is -2.15. The fraction of sp³-hybridized carbons (Fsp3) is 0.273. The Morgan fingerprint density at radius 2 is 0.854 bits per heavy atom. The van der Waals surface area contributed by atoms with Crippen molar-refractivity contribution in [3.8, 4) is 22.9 Å². The summed E-state index contributed by atoms with van der Waals surface area (Å²) in [6, 6.07) is 23.3. The molecule has 0 spiro atoms. The predicted octanol–water partition coefficient (Wildman–Crippen LogP) is 6.75. The molecule has 0 aliphatic carbocycles. The molecule has 0 amide bonds. The molecule has 0 saturated carbocycles. The summed E-state index contributed by atoms with van der Waals surface area (Å²) < 4.78 is 0. The van der Waals surface area contributed by atoms with Gasteiger partial charge in [-0.15, -0.1) is 30.0 Å². The Morgan fingerprint density at radius 1 is 0.537 bits per heavy atom. The van der Waals surface area contributed by atoms with Gasteiger partial charge in [0, 0.05) is 11.1 Å². The molecule has 0 aliphatic heterocycles. The molecule has 0 unspecified atom stereocenters. The smallest absolute Gasteiger partial charge is 0.146 e. The van der Waals surface area contributed by atoms with Crippen molar-refractivity contribution in [2.24, 2.45) is 0 Å². The summed E-state index contributed by atoms with van der Waals surface area (Å²) in [5, 5.41) is 41.3. The van der Waals surface area contributed by atoms with E-state index in [-0.39, 0.29) is 22.3 Å². The molecule has 208 valence electrons. The number of phenolic OH excluding ortho intramolecular Hbond substituents is 2. The normalized spacial score (nSPS) is 12.4. The van der Waals surface area contributed by atoms with Crippen molar-refractivity contribution in [3.63, 3.8) is 0 Å². The molecule has 41 heavy (non-hydrogen) atoms. The Bertz CT molecular complexity index is 1720. The first-order valence-electron chi connectivity index (χ1n) is 13.8. The van der Waals surface area contributed by atoms with Gasteiger partial charge >= 0.3 is 0 Å². The van der Waals surface area contributed by atoms with Crippen LogP contribution in [-0.4, -0.2) is 40.2 Å². The van der Waals surface area contributed by atoms with Gasteiger partial charge in [-0.3, -0.25) is 0 Å². The molecule has 0 radical (unpaired) electrons. The molecule has 6 aromatic rings. The molecule has 2 N–H and O–H groups in total. The first-order valence-corrected chi connectivity index (χ1v) is 13.8. The quantitative estimate of drug-likeness (QED) is 0.254. The molecule has 2 aromatic heterocycles. The van der Waals surface area contributed by atoms with Crippen LogP contribution in [0.5, 0.6) is 11.5 Å². The Labute approximate surface area is 238 Å². The molecule has 6 rings (SSSR count). The average Bonchev–Trinajstić information content (AvgIpc) is 3.53. The summed E-state index contributed by atoms with van der Waals surface area (Å²) in [4.78, 5) is 3.03. The number of nitrogens with zero attached hydrogens (tertiary/aromatic N) is 6. The zero-order valence-corrected chi connectivity index (χ0v) is 24.2. The highest BCUT2D eigenvalue weighted by atomic mass is 16.3. The van der Waals surface area contributed by atoms with E-state index >= 15 is 0 Å². The number of fused-ring (bicyclic) bond motifs is 2. The molecule has 0 aliphatic rings. The average molecular weight is 547 g/mol. The van der Waals surface area contributed by atoms with Crippen molar-refractivity contribution in [2.75, 3.05) is 0 Å². The summed E-state index contributed by atoms with van der Waals surface area (Å²) in [6.45, 7) is 12.5. The maximum atomic E-state index is 11.4. The van der Waals surface area contributed by atoms with Crippen molar-refractivity contribution in [3.05, 3.63) is 95.1 Å². The summed E-state index contributed by atoms with van der Waals surface area (Å²) >= 11 is 0. The minimum absolute atomic E-state index is 0.163. The monoisotopic (exact) mass is 546 g/mol. The SMILES string of the molecule is CC(C)(C)c1cc(Cc2cc(-n3nc4ccccc4n3)c(O)c(C(C)(C)C)c2)cc(-n2nc3ccccc3n2)c1O. The van der Waals surface area contributed by atoms with E-state index < -0.39 is 0 Å². The van der Waals surface area contributed by atoms with Gasteiger partial charge < -0.3 is 10.2 Å². The van der Waals surface area contributed by atoms with Gasteiger partial charge in [-0.25, -0.2) is 0 Å². The molecule has 8 heteroatoms. The number of aromatic hydroxyl groups is 2. The Kier molecular flexibility index (Phi) is 6.10. The fourth-order valence-electron chi connectivity index (χ4n) is 5.18. The van der Waals surface area contributed by atoms with E-state index in [1.165, 1.54) is 9.59 Å². The van der Waals surface area contributed by atoms with Gasteiger partial charge in [0.15, 0.2) is 0 Å². The highest BCUT2D eigenvalue weighted by Crippen LogP contribution is 2.39. The maximum absolute atomic E-state index is 11.4. The Hall–Kier alpha value is -4.72. The van der Waals surface area contributed by atoms with Crippen LogP contribution in [0, 0.1) is 0 Å². The van der Waals surface area contributed by atoms with Gasteiger partial charge in [-0.1, -0.05) is 77.9 Å². The summed E-state index contributed by atoms with van der Waals surface area (Å²) in [5.41, 5.74) is 7.02. The predicted molar refractivity (Wildman–Crippen MR) is 161 cm³/mol. The highest BCUT2D eigenvalue weighted by molar-refractivity contribution is 5.74. The second-order valence-corrected chi connectivity index (χ2v) is 12.7. The van der Waals surface area contributed by atoms with Gasteiger partial charge in [0.2, 0.25) is 0 Å². The standard InChI is InChI=1S/C33H34N6O2/c1-32(2,3)22-16-20(18-28(30(22)40)38-34-24-11-7-8-12-25(24)35-38)15-21-17-23(33(4,5)6)31(41)29(19-21)39-36-26-13-9-10-14-27(26)37-39/h7-14,16-19,40-41H,15H2,1-6H3. The molecular weight excluding hydrogens is 512 g/mol. The van der Waals surface area contributed by atoms with Gasteiger partial charge in [0.1, 0.15) is 44.9 Å². The third kappa shape index (κ3) is 4.90. The molecule has 4 aromatic carbocycles. The minimum Gasteiger partial charge on any atom is -0.505 e. The third-order valence-corrected chi connectivity index (χ3v) is 7.33. The third-order valence-electron chi connectivity index (χ3n) is 7.33. The van der Waals surface area contributed by atoms with Crippen LogP contribution in [0.3, 0.4) is 0 Å². The molecular formula is C33H34N6O2. The number of benzene rings is 4. The first kappa shape index (κ1) is 26.5. The van der Waals surface area contributed by atoms with Crippen LogP contribution < -0.4 is 0 Å². The molecule has 2 heterocycles. The number of hydrogen-bond acceptors (Lipinski definition) is 6. The summed E-state index contributed by atoms with van der Waals surface area (Å²) in [5.74, 6) is 0.325. The lowest BCUT2D eigenvalue weighted by atomic mass is 9.82. The lowest BCUT2D eigenvalue weighted by molar-refractivity contribution is 0.440. The van der Waals surface area contributed by atoms with Gasteiger partial charge in [-0.2, -0.15) is 0 Å². The largest absolute Gasteiger partial charge is 0.505 e. The van der Waals surface area contributed by atoms with Crippen LogP contribution in [0.15, 0.2) is 72.8 Å². The van der Waals surface area contributed by atoms with E-state index in [4.69, 9.17) is 0 Å². The molecule has 0 fully saturated rings. The van der Waals surface area contributed by atoms with E-state index in [0.717, 1.165) is 44.3 Å². The van der Waals surface area contributed by atoms with E-state index in [9.17, 15) is 10.2 Å². The number of hydrogen-bond donors (Lipinski definition) is 2. The minimum atomic E-state index is -0.322. The van der Waals surface area contributed by atoms with Crippen molar-refractivity contribution in [2.45, 2.75) is 58.8 Å². The van der Waals surface area contributed by atoms with Crippen LogP contribution in [0.2, 0.25) is 0 Å². The van der Waals surface area contributed by atoms with E-state index in [1.807, 2.05) is 72.8 Å². The van der Waals surface area contributed by atoms with Crippen LogP contribution in [0.1, 0.15) is 63.8 Å². The van der Waals surface area contributed by atoms with Crippen molar-refractivity contribution >= 4 is 22.1 Å². The van der Waals surface area contributed by atoms with Gasteiger partial charge in [0.25, 0.3) is 0 Å². The van der Waals surface area contributed by atoms with Gasteiger partial charge in [-0.05, 0) is 64.8 Å². The summed E-state index contributed by atoms with van der Waals surface area (Å²) in [6.07, 6.45) is 0.550. The second kappa shape index (κ2) is 9.44. The summed E-state index contributed by atoms with van der Waals surface area (Å²) in [7, 11) is 0. The number of rotatable bonds is 4. The van der Waals surface area contributed by atoms with Crippen LogP contribution in [0.25, 0.3) is 33.4 Å². The van der Waals surface area contributed by atoms with E-state index in [1.54, 1.807) is 0 Å². The van der Waals surface area contributed by atoms with Crippen molar-refractivity contribution in [1.29, 1.82) is 0 Å². The maximum Gasteiger partial charge on any atom is 0.146 e. The number of aromatic nitrogens is 6. The van der Waals surface area contributed by atoms with Gasteiger partial charge in [0.05, 0.1) is 0 Å². The van der Waals surface area contributed by atoms with Crippen LogP contribution >= 0.6 is 0 Å². The van der Waals surface area contributed by atoms with Crippen molar-refractivity contribution < 1.29 is 10.2 Å². The molecule has 8 nitrogen and oxygen atoms in total. The fourth-order valence-corrected chi connectivity index (χ4v) is 5.18. The Morgan fingerprint density at radius 3 is 1.15 bits per heavy atom. The van der Waals surface area contributed by atoms with Crippen LogP contribution in [-0.2, 0) is 17.3 Å². The topological polar surface area (TPSA) is 102 Å². The van der Waals surface area contributed by atoms with E-state index in [2.05, 4.69) is 61.9 Å². The zero-order chi connectivity index (χ0) is 29.1. The zero-order valence-electron chi connectivity index (χ0n) is 24.2. The lowest BCUT2D eigenvalue weighted by Gasteiger charge is -2.24. The van der Waals surface area contributed by atoms with Crippen molar-refractivity contribution in [1.82, 2.24) is 30.0 Å². The number of phenols is 2. The van der Waals surface area contributed by atoms with E-state index in [0.29, 0.717) is 17.8 Å². The Balaban J connectivity index is 1.51. The first-order chi connectivity index (χ1) is 19.4. The molecule has 0 bridgehead atoms. The molecule has 0 saturated heterocycles. The highest BCUT2D eigenvalue weighted by Gasteiger charge is 2.26. The van der Waals surface area contributed by atoms with Crippen LogP contribution in [0.4, 0.5) is 0 Å². The molecule has 0 atom stereocenters.